The molecule has 1 aliphatic rings. The molecular weight excluding hydrogens is 454 g/mol. The number of carbonyl (C=O) groups excluding carboxylic acids is 1. The van der Waals surface area contributed by atoms with Gasteiger partial charge in [-0.2, -0.15) is 0 Å². The number of rotatable bonds is 11. The van der Waals surface area contributed by atoms with Crippen LogP contribution in [0.3, 0.4) is 0 Å². The van der Waals surface area contributed by atoms with Gasteiger partial charge in [0.25, 0.3) is 5.91 Å². The number of methoxy groups -OCH3 is 2. The molecular formula is C25H31N3O5S. The lowest BCUT2D eigenvalue weighted by atomic mass is 10.2. The third-order valence-corrected chi connectivity index (χ3v) is 6.60. The average Bonchev–Trinajstić information content (AvgIpc) is 3.61. The van der Waals surface area contributed by atoms with Gasteiger partial charge in [-0.05, 0) is 56.5 Å². The number of thiazole rings is 1. The van der Waals surface area contributed by atoms with E-state index in [0.717, 1.165) is 59.5 Å². The first-order chi connectivity index (χ1) is 16.6. The van der Waals surface area contributed by atoms with Crippen LogP contribution in [0.1, 0.15) is 46.5 Å². The molecule has 3 heterocycles. The highest BCUT2D eigenvalue weighted by Gasteiger charge is 2.27. The molecule has 0 radical (unpaired) electrons. The van der Waals surface area contributed by atoms with Crippen LogP contribution in [0.2, 0.25) is 0 Å². The molecule has 1 N–H and O–H groups in total. The highest BCUT2D eigenvalue weighted by Crippen LogP contribution is 2.35. The summed E-state index contributed by atoms with van der Waals surface area (Å²) < 4.78 is 24.2. The summed E-state index contributed by atoms with van der Waals surface area (Å²) in [5.41, 5.74) is 3.23. The molecule has 2 aromatic heterocycles. The first-order valence-corrected chi connectivity index (χ1v) is 12.3. The van der Waals surface area contributed by atoms with Crippen molar-refractivity contribution in [2.24, 2.45) is 0 Å². The van der Waals surface area contributed by atoms with Gasteiger partial charge in [-0.3, -0.25) is 4.79 Å². The zero-order chi connectivity index (χ0) is 23.9. The number of nitrogens with one attached hydrogen (secondary N) is 1. The molecule has 4 rings (SSSR count). The van der Waals surface area contributed by atoms with E-state index >= 15 is 0 Å². The van der Waals surface area contributed by atoms with Gasteiger partial charge in [-0.15, -0.1) is 11.3 Å². The Labute approximate surface area is 203 Å². The summed E-state index contributed by atoms with van der Waals surface area (Å²) in [7, 11) is 3.29. The van der Waals surface area contributed by atoms with Crippen molar-refractivity contribution in [3.63, 3.8) is 0 Å². The maximum atomic E-state index is 12.9. The van der Waals surface area contributed by atoms with Gasteiger partial charge in [-0.25, -0.2) is 4.98 Å². The largest absolute Gasteiger partial charge is 0.497 e. The minimum atomic E-state index is -0.0927. The third-order valence-electron chi connectivity index (χ3n) is 5.78. The van der Waals surface area contributed by atoms with Crippen LogP contribution in [-0.4, -0.2) is 49.4 Å². The molecule has 34 heavy (non-hydrogen) atoms. The molecule has 1 amide bonds. The summed E-state index contributed by atoms with van der Waals surface area (Å²) in [5.74, 6) is 1.45. The molecule has 182 valence electrons. The lowest BCUT2D eigenvalue weighted by Crippen LogP contribution is -2.25. The van der Waals surface area contributed by atoms with Crippen molar-refractivity contribution in [1.82, 2.24) is 14.9 Å². The smallest absolute Gasteiger partial charge is 0.253 e. The summed E-state index contributed by atoms with van der Waals surface area (Å²) >= 11 is 1.54. The number of hydrogen-bond acceptors (Lipinski definition) is 7. The van der Waals surface area contributed by atoms with E-state index in [1.165, 1.54) is 11.3 Å². The second kappa shape index (κ2) is 11.5. The van der Waals surface area contributed by atoms with Gasteiger partial charge in [0.2, 0.25) is 0 Å². The topological polar surface area (TPSA) is 83.8 Å². The lowest BCUT2D eigenvalue weighted by Gasteiger charge is -2.17. The van der Waals surface area contributed by atoms with Crippen molar-refractivity contribution >= 4 is 17.2 Å². The van der Waals surface area contributed by atoms with Crippen molar-refractivity contribution < 1.29 is 23.7 Å². The predicted molar refractivity (Wildman–Crippen MR) is 131 cm³/mol. The lowest BCUT2D eigenvalue weighted by molar-refractivity contribution is 0.0565. The molecule has 0 bridgehead atoms. The summed E-state index contributed by atoms with van der Waals surface area (Å²) in [4.78, 5) is 17.7. The number of ether oxygens (including phenoxy) is 4. The number of nitrogens with zero attached hydrogens (tertiary/aromatic N) is 2. The van der Waals surface area contributed by atoms with E-state index in [1.54, 1.807) is 14.2 Å². The van der Waals surface area contributed by atoms with E-state index in [1.807, 2.05) is 42.6 Å². The normalized spacial score (nSPS) is 15.4. The van der Waals surface area contributed by atoms with Crippen molar-refractivity contribution in [1.29, 1.82) is 0 Å². The van der Waals surface area contributed by atoms with Gasteiger partial charge in [0.15, 0.2) is 0 Å². The molecule has 1 atom stereocenters. The Hall–Kier alpha value is -2.88. The van der Waals surface area contributed by atoms with E-state index in [9.17, 15) is 4.79 Å². The van der Waals surface area contributed by atoms with Gasteiger partial charge in [-0.1, -0.05) is 0 Å². The molecule has 0 aliphatic carbocycles. The van der Waals surface area contributed by atoms with Gasteiger partial charge >= 0.3 is 0 Å². The van der Waals surface area contributed by atoms with Crippen LogP contribution >= 0.6 is 11.3 Å². The predicted octanol–water partition coefficient (Wildman–Crippen LogP) is 4.58. The second-order valence-electron chi connectivity index (χ2n) is 8.06. The van der Waals surface area contributed by atoms with Gasteiger partial charge in [0.05, 0.1) is 24.1 Å². The number of aromatic nitrogens is 2. The zero-order valence-electron chi connectivity index (χ0n) is 19.8. The van der Waals surface area contributed by atoms with Crippen LogP contribution in [0, 0.1) is 6.92 Å². The Bertz CT molecular complexity index is 1090. The van der Waals surface area contributed by atoms with E-state index in [0.29, 0.717) is 25.3 Å². The molecule has 9 heteroatoms. The summed E-state index contributed by atoms with van der Waals surface area (Å²) in [5, 5.41) is 5.85. The number of carbonyl (C=O) groups is 1. The summed E-state index contributed by atoms with van der Waals surface area (Å²) in [6, 6.07) is 9.39. The highest BCUT2D eigenvalue weighted by atomic mass is 32.1. The molecule has 8 nitrogen and oxygen atoms in total. The third kappa shape index (κ3) is 5.60. The van der Waals surface area contributed by atoms with Gasteiger partial charge < -0.3 is 28.8 Å². The fraction of sp³-hybridized carbons (Fsp3) is 0.440. The Balaban J connectivity index is 1.52. The molecule has 1 saturated heterocycles. The molecule has 0 spiro atoms. The second-order valence-corrected chi connectivity index (χ2v) is 9.00. The SMILES string of the molecule is COCCCNC(=O)c1cc(-c2csc(COc3ccc(OC)cc3)n2)n(C2CCCO2)c1C. The van der Waals surface area contributed by atoms with Crippen LogP contribution in [0.25, 0.3) is 11.4 Å². The number of benzene rings is 1. The number of hydrogen-bond donors (Lipinski definition) is 1. The Kier molecular flexibility index (Phi) is 8.21. The van der Waals surface area contributed by atoms with E-state index < -0.39 is 0 Å². The standard InChI is InChI=1S/C25H31N3O5S/c1-17-20(25(29)26-11-5-12-30-2)14-22(28(17)24-6-4-13-32-24)21-16-34-23(27-21)15-33-19-9-7-18(31-3)8-10-19/h7-10,14,16,24H,4-6,11-13,15H2,1-3H3,(H,26,29). The van der Waals surface area contributed by atoms with E-state index in [4.69, 9.17) is 23.9 Å². The fourth-order valence-corrected chi connectivity index (χ4v) is 4.71. The van der Waals surface area contributed by atoms with Crippen molar-refractivity contribution in [3.8, 4) is 22.9 Å². The van der Waals surface area contributed by atoms with Crippen molar-refractivity contribution in [2.75, 3.05) is 34.0 Å². The molecule has 3 aromatic rings. The maximum absolute atomic E-state index is 12.9. The molecule has 1 unspecified atom stereocenters. The highest BCUT2D eigenvalue weighted by molar-refractivity contribution is 7.09. The van der Waals surface area contributed by atoms with Crippen LogP contribution in [0.4, 0.5) is 0 Å². The average molecular weight is 486 g/mol. The van der Waals surface area contributed by atoms with Crippen LogP contribution in [0.5, 0.6) is 11.5 Å². The Morgan fingerprint density at radius 2 is 2.06 bits per heavy atom. The Morgan fingerprint density at radius 3 is 2.76 bits per heavy atom. The summed E-state index contributed by atoms with van der Waals surface area (Å²) in [6.45, 7) is 4.23. The molecule has 1 aliphatic heterocycles. The first-order valence-electron chi connectivity index (χ1n) is 11.4. The van der Waals surface area contributed by atoms with Crippen molar-refractivity contribution in [2.45, 2.75) is 39.0 Å². The zero-order valence-corrected chi connectivity index (χ0v) is 20.7. The Morgan fingerprint density at radius 1 is 1.26 bits per heavy atom. The van der Waals surface area contributed by atoms with Crippen LogP contribution in [0.15, 0.2) is 35.7 Å². The minimum absolute atomic E-state index is 0.0919. The maximum Gasteiger partial charge on any atom is 0.253 e. The van der Waals surface area contributed by atoms with E-state index in [-0.39, 0.29) is 12.1 Å². The fourth-order valence-electron chi connectivity index (χ4n) is 4.01. The summed E-state index contributed by atoms with van der Waals surface area (Å²) in [6.07, 6.45) is 2.59. The van der Waals surface area contributed by atoms with Crippen LogP contribution < -0.4 is 14.8 Å². The first kappa shape index (κ1) is 24.3. The number of amides is 1. The van der Waals surface area contributed by atoms with Crippen molar-refractivity contribution in [3.05, 3.63) is 52.0 Å². The van der Waals surface area contributed by atoms with E-state index in [2.05, 4.69) is 9.88 Å². The van der Waals surface area contributed by atoms with Gasteiger partial charge in [0.1, 0.15) is 29.3 Å². The molecule has 0 saturated carbocycles. The molecule has 1 fully saturated rings. The van der Waals surface area contributed by atoms with Gasteiger partial charge in [0, 0.05) is 37.9 Å². The monoisotopic (exact) mass is 485 g/mol. The molecule has 1 aromatic carbocycles. The van der Waals surface area contributed by atoms with Crippen LogP contribution in [-0.2, 0) is 16.1 Å². The minimum Gasteiger partial charge on any atom is -0.497 e. The quantitative estimate of drug-likeness (QED) is 0.400.